The van der Waals surface area contributed by atoms with Gasteiger partial charge in [0, 0.05) is 6.54 Å². The highest BCUT2D eigenvalue weighted by Gasteiger charge is 2.38. The fourth-order valence-corrected chi connectivity index (χ4v) is 3.98. The number of rotatable bonds is 6. The largest absolute Gasteiger partial charge is 0.325 e. The van der Waals surface area contributed by atoms with Gasteiger partial charge in [0.2, 0.25) is 5.91 Å². The number of benzene rings is 2. The highest BCUT2D eigenvalue weighted by molar-refractivity contribution is 7.22. The summed E-state index contributed by atoms with van der Waals surface area (Å²) in [5, 5.41) is 5.78. The molecule has 0 spiro atoms. The maximum atomic E-state index is 12.5. The van der Waals surface area contributed by atoms with Crippen LogP contribution in [0, 0.1) is 0 Å². The zero-order valence-electron chi connectivity index (χ0n) is 14.9. The Morgan fingerprint density at radius 1 is 1.11 bits per heavy atom. The van der Waals surface area contributed by atoms with Gasteiger partial charge in [-0.25, -0.2) is 9.78 Å². The van der Waals surface area contributed by atoms with Crippen LogP contribution in [0.1, 0.15) is 12.0 Å². The Labute approximate surface area is 165 Å². The van der Waals surface area contributed by atoms with Crippen molar-refractivity contribution in [2.75, 3.05) is 11.9 Å². The molecule has 0 unspecified atom stereocenters. The number of thiazole rings is 1. The maximum absolute atomic E-state index is 12.5. The number of para-hydroxylation sites is 1. The summed E-state index contributed by atoms with van der Waals surface area (Å²) < 4.78 is 0.968. The summed E-state index contributed by atoms with van der Waals surface area (Å²) in [5.41, 5.74) is 1.85. The molecule has 28 heavy (non-hydrogen) atoms. The SMILES string of the molecule is O=C(C[C@H]1NC(=O)N(CCc2ccccc2)C1=O)Nc1nc2ccccc2s1. The van der Waals surface area contributed by atoms with Gasteiger partial charge in [-0.3, -0.25) is 14.5 Å². The summed E-state index contributed by atoms with van der Waals surface area (Å²) in [4.78, 5) is 42.5. The number of aromatic nitrogens is 1. The summed E-state index contributed by atoms with van der Waals surface area (Å²) in [6.07, 6.45) is 0.451. The van der Waals surface area contributed by atoms with Crippen molar-refractivity contribution in [2.24, 2.45) is 0 Å². The van der Waals surface area contributed by atoms with Crippen molar-refractivity contribution in [1.82, 2.24) is 15.2 Å². The van der Waals surface area contributed by atoms with Gasteiger partial charge in [-0.05, 0) is 24.1 Å². The highest BCUT2D eigenvalue weighted by atomic mass is 32.1. The van der Waals surface area contributed by atoms with Gasteiger partial charge >= 0.3 is 6.03 Å². The van der Waals surface area contributed by atoms with Crippen molar-refractivity contribution in [3.05, 3.63) is 60.2 Å². The van der Waals surface area contributed by atoms with Gasteiger partial charge in [0.25, 0.3) is 5.91 Å². The molecule has 1 aliphatic rings. The zero-order chi connectivity index (χ0) is 19.5. The number of imide groups is 1. The molecular formula is C20H18N4O3S. The Bertz CT molecular complexity index is 1000. The molecule has 0 radical (unpaired) electrons. The van der Waals surface area contributed by atoms with Gasteiger partial charge < -0.3 is 10.6 Å². The van der Waals surface area contributed by atoms with Crippen LogP contribution in [-0.2, 0) is 16.0 Å². The molecule has 1 fully saturated rings. The van der Waals surface area contributed by atoms with Crippen LogP contribution in [0.15, 0.2) is 54.6 Å². The third kappa shape index (κ3) is 3.86. The van der Waals surface area contributed by atoms with E-state index in [9.17, 15) is 14.4 Å². The first-order chi connectivity index (χ1) is 13.6. The van der Waals surface area contributed by atoms with E-state index in [0.717, 1.165) is 15.8 Å². The molecule has 1 aliphatic heterocycles. The van der Waals surface area contributed by atoms with Crippen molar-refractivity contribution in [2.45, 2.75) is 18.9 Å². The number of carbonyl (C=O) groups is 3. The maximum Gasteiger partial charge on any atom is 0.324 e. The number of carbonyl (C=O) groups excluding carboxylic acids is 3. The molecule has 4 rings (SSSR count). The number of amides is 4. The molecule has 3 aromatic rings. The van der Waals surface area contributed by atoms with E-state index in [1.54, 1.807) is 0 Å². The number of hydrogen-bond donors (Lipinski definition) is 2. The number of urea groups is 1. The third-order valence-corrected chi connectivity index (χ3v) is 5.46. The number of anilines is 1. The van der Waals surface area contributed by atoms with Crippen molar-refractivity contribution in [1.29, 1.82) is 0 Å². The normalized spacial score (nSPS) is 16.4. The number of fused-ring (bicyclic) bond motifs is 1. The number of nitrogens with zero attached hydrogens (tertiary/aromatic N) is 2. The van der Waals surface area contributed by atoms with E-state index in [1.165, 1.54) is 16.2 Å². The smallest absolute Gasteiger partial charge is 0.324 e. The predicted octanol–water partition coefficient (Wildman–Crippen LogP) is 2.79. The highest BCUT2D eigenvalue weighted by Crippen LogP contribution is 2.25. The van der Waals surface area contributed by atoms with Gasteiger partial charge in [0.1, 0.15) is 6.04 Å². The minimum Gasteiger partial charge on any atom is -0.325 e. The molecule has 2 heterocycles. The van der Waals surface area contributed by atoms with Crippen molar-refractivity contribution in [3.8, 4) is 0 Å². The van der Waals surface area contributed by atoms with Crippen LogP contribution in [-0.4, -0.2) is 40.3 Å². The summed E-state index contributed by atoms with van der Waals surface area (Å²) in [6, 6.07) is 15.9. The van der Waals surface area contributed by atoms with Crippen molar-refractivity contribution in [3.63, 3.8) is 0 Å². The minimum atomic E-state index is -0.849. The Morgan fingerprint density at radius 3 is 2.64 bits per heavy atom. The van der Waals surface area contributed by atoms with Gasteiger partial charge in [-0.15, -0.1) is 0 Å². The van der Waals surface area contributed by atoms with Gasteiger partial charge in [0.15, 0.2) is 5.13 Å². The van der Waals surface area contributed by atoms with Gasteiger partial charge in [-0.2, -0.15) is 0 Å². The second-order valence-corrected chi connectivity index (χ2v) is 7.50. The molecule has 142 valence electrons. The standard InChI is InChI=1S/C20H18N4O3S/c25-17(23-19-21-14-8-4-5-9-16(14)28-19)12-15-18(26)24(20(27)22-15)11-10-13-6-2-1-3-7-13/h1-9,15H,10-12H2,(H,22,27)(H,21,23,25)/t15-/m1/s1. The van der Waals surface area contributed by atoms with E-state index in [-0.39, 0.29) is 24.8 Å². The second kappa shape index (κ2) is 7.77. The van der Waals surface area contributed by atoms with Crippen molar-refractivity contribution >= 4 is 44.5 Å². The zero-order valence-corrected chi connectivity index (χ0v) is 15.7. The van der Waals surface area contributed by atoms with Crippen LogP contribution in [0.4, 0.5) is 9.93 Å². The monoisotopic (exact) mass is 394 g/mol. The minimum absolute atomic E-state index is 0.123. The quantitative estimate of drug-likeness (QED) is 0.629. The van der Waals surface area contributed by atoms with Gasteiger partial charge in [0.05, 0.1) is 16.6 Å². The summed E-state index contributed by atoms with van der Waals surface area (Å²) >= 11 is 1.37. The molecule has 0 aliphatic carbocycles. The Balaban J connectivity index is 1.34. The second-order valence-electron chi connectivity index (χ2n) is 6.47. The van der Waals surface area contributed by atoms with Crippen LogP contribution in [0.2, 0.25) is 0 Å². The lowest BCUT2D eigenvalue weighted by atomic mass is 10.1. The van der Waals surface area contributed by atoms with Crippen LogP contribution < -0.4 is 10.6 Å². The third-order valence-electron chi connectivity index (χ3n) is 4.50. The van der Waals surface area contributed by atoms with E-state index in [2.05, 4.69) is 15.6 Å². The van der Waals surface area contributed by atoms with Crippen LogP contribution in [0.5, 0.6) is 0 Å². The fourth-order valence-electron chi connectivity index (χ4n) is 3.09. The van der Waals surface area contributed by atoms with Crippen LogP contribution >= 0.6 is 11.3 Å². The van der Waals surface area contributed by atoms with Gasteiger partial charge in [-0.1, -0.05) is 53.8 Å². The fraction of sp³-hybridized carbons (Fsp3) is 0.200. The van der Waals surface area contributed by atoms with Crippen molar-refractivity contribution < 1.29 is 14.4 Å². The van der Waals surface area contributed by atoms with E-state index in [1.807, 2.05) is 54.6 Å². The summed E-state index contributed by atoms with van der Waals surface area (Å²) in [5.74, 6) is -0.733. The lowest BCUT2D eigenvalue weighted by molar-refractivity contribution is -0.129. The molecule has 0 bridgehead atoms. The topological polar surface area (TPSA) is 91.4 Å². The van der Waals surface area contributed by atoms with Crippen LogP contribution in [0.25, 0.3) is 10.2 Å². The predicted molar refractivity (Wildman–Crippen MR) is 107 cm³/mol. The molecular weight excluding hydrogens is 376 g/mol. The summed E-state index contributed by atoms with van der Waals surface area (Å²) in [7, 11) is 0. The van der Waals surface area contributed by atoms with E-state index in [4.69, 9.17) is 0 Å². The number of hydrogen-bond acceptors (Lipinski definition) is 5. The lowest BCUT2D eigenvalue weighted by Crippen LogP contribution is -2.34. The molecule has 4 amide bonds. The Hall–Kier alpha value is -3.26. The molecule has 2 N–H and O–H groups in total. The molecule has 1 aromatic heterocycles. The Morgan fingerprint density at radius 2 is 1.86 bits per heavy atom. The van der Waals surface area contributed by atoms with E-state index < -0.39 is 12.1 Å². The average molecular weight is 394 g/mol. The first-order valence-electron chi connectivity index (χ1n) is 8.91. The molecule has 1 atom stereocenters. The first kappa shape index (κ1) is 18.1. The number of nitrogens with one attached hydrogen (secondary N) is 2. The van der Waals surface area contributed by atoms with E-state index >= 15 is 0 Å². The molecule has 2 aromatic carbocycles. The summed E-state index contributed by atoms with van der Waals surface area (Å²) in [6.45, 7) is 0.282. The lowest BCUT2D eigenvalue weighted by Gasteiger charge is -2.12. The molecule has 7 nitrogen and oxygen atoms in total. The molecule has 1 saturated heterocycles. The molecule has 0 saturated carbocycles. The Kier molecular flexibility index (Phi) is 5.03. The average Bonchev–Trinajstić information content (AvgIpc) is 3.21. The molecule has 8 heteroatoms. The van der Waals surface area contributed by atoms with Crippen LogP contribution in [0.3, 0.4) is 0 Å². The van der Waals surface area contributed by atoms with E-state index in [0.29, 0.717) is 11.6 Å². The first-order valence-corrected chi connectivity index (χ1v) is 9.73.